The quantitative estimate of drug-likeness (QED) is 0.919. The number of piperidine rings is 1. The molecule has 1 aromatic heterocycles. The van der Waals surface area contributed by atoms with Gasteiger partial charge in [-0.3, -0.25) is 4.98 Å². The Morgan fingerprint density at radius 1 is 1.19 bits per heavy atom. The minimum Gasteiger partial charge on any atom is -0.388 e. The first-order chi connectivity index (χ1) is 10.2. The van der Waals surface area contributed by atoms with Crippen LogP contribution in [-0.4, -0.2) is 34.1 Å². The van der Waals surface area contributed by atoms with E-state index in [1.165, 1.54) is 12.8 Å². The molecule has 2 aliphatic heterocycles. The molecule has 2 fully saturated rings. The fourth-order valence-corrected chi connectivity index (χ4v) is 4.23. The number of hydrogen-bond acceptors (Lipinski definition) is 3. The van der Waals surface area contributed by atoms with Crippen molar-refractivity contribution in [1.29, 1.82) is 0 Å². The van der Waals surface area contributed by atoms with Crippen molar-refractivity contribution >= 4 is 10.9 Å². The van der Waals surface area contributed by atoms with Crippen LogP contribution in [0.15, 0.2) is 36.5 Å². The van der Waals surface area contributed by atoms with E-state index in [1.807, 2.05) is 24.4 Å². The Kier molecular flexibility index (Phi) is 3.20. The number of aromatic nitrogens is 1. The maximum atomic E-state index is 10.8. The molecule has 0 spiro atoms. The molecule has 110 valence electrons. The van der Waals surface area contributed by atoms with Crippen molar-refractivity contribution in [3.8, 4) is 0 Å². The maximum absolute atomic E-state index is 10.8. The summed E-state index contributed by atoms with van der Waals surface area (Å²) in [4.78, 5) is 7.01. The molecule has 2 aliphatic rings. The summed E-state index contributed by atoms with van der Waals surface area (Å²) in [5.41, 5.74) is 1.97. The number of nitrogens with zero attached hydrogens (tertiary/aromatic N) is 2. The van der Waals surface area contributed by atoms with Gasteiger partial charge in [-0.1, -0.05) is 18.2 Å². The summed E-state index contributed by atoms with van der Waals surface area (Å²) >= 11 is 0. The molecule has 2 bridgehead atoms. The molecule has 3 heteroatoms. The van der Waals surface area contributed by atoms with Crippen molar-refractivity contribution in [2.75, 3.05) is 7.05 Å². The van der Waals surface area contributed by atoms with E-state index in [4.69, 9.17) is 0 Å². The Hall–Kier alpha value is -1.45. The standard InChI is InChI=1S/C18H22N2O/c1-20-15-6-7-16(20)10-13(9-15)18(21)14-8-12-4-2-3-5-17(12)19-11-14/h2-5,8,11,13,15-16,18,21H,6-7,9-10H2,1H3. The number of benzene rings is 1. The third kappa shape index (κ3) is 2.25. The van der Waals surface area contributed by atoms with Gasteiger partial charge in [-0.05, 0) is 56.3 Å². The molecule has 3 atom stereocenters. The molecule has 21 heavy (non-hydrogen) atoms. The lowest BCUT2D eigenvalue weighted by Crippen LogP contribution is -2.41. The number of pyridine rings is 1. The zero-order chi connectivity index (χ0) is 14.4. The van der Waals surface area contributed by atoms with Gasteiger partial charge in [0.25, 0.3) is 0 Å². The van der Waals surface area contributed by atoms with Crippen LogP contribution in [0.3, 0.4) is 0 Å². The second kappa shape index (κ2) is 5.08. The van der Waals surface area contributed by atoms with E-state index >= 15 is 0 Å². The molecular formula is C18H22N2O. The van der Waals surface area contributed by atoms with Crippen molar-refractivity contribution in [3.05, 3.63) is 42.1 Å². The van der Waals surface area contributed by atoms with Gasteiger partial charge >= 0.3 is 0 Å². The Morgan fingerprint density at radius 3 is 2.67 bits per heavy atom. The molecule has 1 N–H and O–H groups in total. The summed E-state index contributed by atoms with van der Waals surface area (Å²) in [5.74, 6) is 0.377. The normalized spacial score (nSPS) is 30.7. The van der Waals surface area contributed by atoms with Crippen LogP contribution in [0.2, 0.25) is 0 Å². The number of rotatable bonds is 2. The van der Waals surface area contributed by atoms with Crippen LogP contribution in [0, 0.1) is 5.92 Å². The van der Waals surface area contributed by atoms with Crippen molar-refractivity contribution < 1.29 is 5.11 Å². The average Bonchev–Trinajstić information content (AvgIpc) is 2.75. The maximum Gasteiger partial charge on any atom is 0.0834 e. The molecule has 0 amide bonds. The molecule has 1 aromatic carbocycles. The highest BCUT2D eigenvalue weighted by molar-refractivity contribution is 5.78. The lowest BCUT2D eigenvalue weighted by Gasteiger charge is -2.38. The smallest absolute Gasteiger partial charge is 0.0834 e. The Balaban J connectivity index is 1.60. The van der Waals surface area contributed by atoms with E-state index < -0.39 is 0 Å². The average molecular weight is 282 g/mol. The van der Waals surface area contributed by atoms with E-state index in [0.717, 1.165) is 29.3 Å². The summed E-state index contributed by atoms with van der Waals surface area (Å²) in [5, 5.41) is 11.9. The van der Waals surface area contributed by atoms with Gasteiger partial charge in [0, 0.05) is 23.7 Å². The van der Waals surface area contributed by atoms with E-state index in [-0.39, 0.29) is 6.10 Å². The lowest BCUT2D eigenvalue weighted by molar-refractivity contribution is 0.0355. The molecular weight excluding hydrogens is 260 g/mol. The zero-order valence-corrected chi connectivity index (χ0v) is 12.4. The minimum absolute atomic E-state index is 0.376. The topological polar surface area (TPSA) is 36.4 Å². The summed E-state index contributed by atoms with van der Waals surface area (Å²) in [6.07, 6.45) is 6.29. The predicted molar refractivity (Wildman–Crippen MR) is 84.0 cm³/mol. The van der Waals surface area contributed by atoms with Gasteiger partial charge in [-0.25, -0.2) is 0 Å². The predicted octanol–water partition coefficient (Wildman–Crippen LogP) is 3.14. The number of hydrogen-bond donors (Lipinski definition) is 1. The van der Waals surface area contributed by atoms with Gasteiger partial charge in [0.05, 0.1) is 11.6 Å². The van der Waals surface area contributed by atoms with Crippen LogP contribution in [0.25, 0.3) is 10.9 Å². The highest BCUT2D eigenvalue weighted by atomic mass is 16.3. The molecule has 3 unspecified atom stereocenters. The fraction of sp³-hybridized carbons (Fsp3) is 0.500. The van der Waals surface area contributed by atoms with Crippen molar-refractivity contribution in [3.63, 3.8) is 0 Å². The molecule has 0 aliphatic carbocycles. The molecule has 0 saturated carbocycles. The Labute approximate surface area is 125 Å². The summed E-state index contributed by atoms with van der Waals surface area (Å²) in [6, 6.07) is 11.5. The summed E-state index contributed by atoms with van der Waals surface area (Å²) in [7, 11) is 2.24. The zero-order valence-electron chi connectivity index (χ0n) is 12.4. The van der Waals surface area contributed by atoms with Crippen molar-refractivity contribution in [2.24, 2.45) is 5.92 Å². The van der Waals surface area contributed by atoms with Crippen LogP contribution in [0.1, 0.15) is 37.4 Å². The number of aliphatic hydroxyl groups excluding tert-OH is 1. The number of para-hydroxylation sites is 1. The Bertz CT molecular complexity index is 642. The largest absolute Gasteiger partial charge is 0.388 e. The molecule has 4 rings (SSSR count). The number of fused-ring (bicyclic) bond motifs is 3. The molecule has 2 aromatic rings. The third-order valence-corrected chi connectivity index (χ3v) is 5.53. The molecule has 3 heterocycles. The Morgan fingerprint density at radius 2 is 1.90 bits per heavy atom. The SMILES string of the molecule is CN1C2CCC1CC(C(O)c1cnc3ccccc3c1)C2. The van der Waals surface area contributed by atoms with Gasteiger partial charge in [0.1, 0.15) is 0 Å². The first kappa shape index (κ1) is 13.2. The van der Waals surface area contributed by atoms with Crippen LogP contribution in [-0.2, 0) is 0 Å². The van der Waals surface area contributed by atoms with Crippen LogP contribution in [0.5, 0.6) is 0 Å². The van der Waals surface area contributed by atoms with Crippen molar-refractivity contribution in [1.82, 2.24) is 9.88 Å². The second-order valence-electron chi connectivity index (χ2n) is 6.69. The van der Waals surface area contributed by atoms with Gasteiger partial charge in [0.15, 0.2) is 0 Å². The highest BCUT2D eigenvalue weighted by Crippen LogP contribution is 2.42. The monoisotopic (exact) mass is 282 g/mol. The van der Waals surface area contributed by atoms with E-state index in [1.54, 1.807) is 0 Å². The highest BCUT2D eigenvalue weighted by Gasteiger charge is 2.40. The fourth-order valence-electron chi connectivity index (χ4n) is 4.23. The van der Waals surface area contributed by atoms with Crippen LogP contribution >= 0.6 is 0 Å². The minimum atomic E-state index is -0.376. The molecule has 2 saturated heterocycles. The first-order valence-electron chi connectivity index (χ1n) is 7.97. The van der Waals surface area contributed by atoms with E-state index in [2.05, 4.69) is 29.1 Å². The number of aliphatic hydroxyl groups is 1. The van der Waals surface area contributed by atoms with E-state index in [0.29, 0.717) is 18.0 Å². The van der Waals surface area contributed by atoms with Crippen LogP contribution in [0.4, 0.5) is 0 Å². The van der Waals surface area contributed by atoms with Gasteiger partial charge in [-0.15, -0.1) is 0 Å². The van der Waals surface area contributed by atoms with E-state index in [9.17, 15) is 5.11 Å². The van der Waals surface area contributed by atoms with Crippen LogP contribution < -0.4 is 0 Å². The van der Waals surface area contributed by atoms with Gasteiger partial charge in [0.2, 0.25) is 0 Å². The third-order valence-electron chi connectivity index (χ3n) is 5.53. The first-order valence-corrected chi connectivity index (χ1v) is 7.97. The molecule has 0 radical (unpaired) electrons. The molecule has 3 nitrogen and oxygen atoms in total. The summed E-state index contributed by atoms with van der Waals surface area (Å²) in [6.45, 7) is 0. The summed E-state index contributed by atoms with van der Waals surface area (Å²) < 4.78 is 0. The lowest BCUT2D eigenvalue weighted by atomic mass is 9.84. The van der Waals surface area contributed by atoms with Gasteiger partial charge < -0.3 is 10.0 Å². The van der Waals surface area contributed by atoms with Crippen molar-refractivity contribution in [2.45, 2.75) is 43.9 Å². The van der Waals surface area contributed by atoms with Gasteiger partial charge in [-0.2, -0.15) is 0 Å². The second-order valence-corrected chi connectivity index (χ2v) is 6.69.